The minimum atomic E-state index is -1.22. The van der Waals surface area contributed by atoms with Gasteiger partial charge in [0.25, 0.3) is 0 Å². The highest BCUT2D eigenvalue weighted by Gasteiger charge is 2.13. The van der Waals surface area contributed by atoms with E-state index in [0.29, 0.717) is 0 Å². The molecule has 1 aromatic heterocycles. The van der Waals surface area contributed by atoms with Crippen LogP contribution < -0.4 is 10.6 Å². The average Bonchev–Trinajstić information content (AvgIpc) is 2.59. The van der Waals surface area contributed by atoms with Crippen LogP contribution in [-0.2, 0) is 0 Å². The molecule has 0 bridgehead atoms. The van der Waals surface area contributed by atoms with E-state index in [0.717, 1.165) is 22.5 Å². The molecule has 3 N–H and O–H groups in total. The summed E-state index contributed by atoms with van der Waals surface area (Å²) in [6.07, 6.45) is 0. The maximum atomic E-state index is 11.3. The quantitative estimate of drug-likeness (QED) is 0.654. The molecule has 0 aliphatic heterocycles. The maximum absolute atomic E-state index is 11.3. The summed E-state index contributed by atoms with van der Waals surface area (Å²) < 4.78 is 0. The van der Waals surface area contributed by atoms with Crippen molar-refractivity contribution in [1.29, 1.82) is 0 Å². The van der Waals surface area contributed by atoms with Gasteiger partial charge in [0.15, 0.2) is 0 Å². The number of hydrogen-bond donors (Lipinski definition) is 3. The minimum Gasteiger partial charge on any atom is -0.475 e. The van der Waals surface area contributed by atoms with Crippen LogP contribution in [0.4, 0.5) is 23.3 Å². The number of aromatic nitrogens is 3. The Morgan fingerprint density at radius 1 is 0.760 bits per heavy atom. The van der Waals surface area contributed by atoms with Crippen LogP contribution in [0.5, 0.6) is 0 Å². The number of aryl methyl sites for hydroxylation is 2. The van der Waals surface area contributed by atoms with Crippen LogP contribution in [-0.4, -0.2) is 26.0 Å². The lowest BCUT2D eigenvalue weighted by molar-refractivity contribution is 0.0683. The Morgan fingerprint density at radius 3 is 1.52 bits per heavy atom. The molecule has 0 saturated carbocycles. The predicted octanol–water partition coefficient (Wildman–Crippen LogP) is 3.67. The lowest BCUT2D eigenvalue weighted by Crippen LogP contribution is -2.11. The fraction of sp³-hybridized carbons (Fsp3) is 0.111. The zero-order chi connectivity index (χ0) is 17.8. The molecule has 0 fully saturated rings. The Labute approximate surface area is 144 Å². The van der Waals surface area contributed by atoms with Crippen molar-refractivity contribution in [1.82, 2.24) is 15.0 Å². The number of anilines is 4. The first-order chi connectivity index (χ1) is 12.0. The maximum Gasteiger partial charge on any atom is 0.374 e. The average molecular weight is 335 g/mol. The van der Waals surface area contributed by atoms with E-state index in [2.05, 4.69) is 25.6 Å². The van der Waals surface area contributed by atoms with Crippen LogP contribution in [0.1, 0.15) is 21.7 Å². The summed E-state index contributed by atoms with van der Waals surface area (Å²) in [5.41, 5.74) is 3.76. The highest BCUT2D eigenvalue weighted by molar-refractivity contribution is 5.84. The summed E-state index contributed by atoms with van der Waals surface area (Å²) in [4.78, 5) is 23.4. The molecule has 0 amide bonds. The smallest absolute Gasteiger partial charge is 0.374 e. The zero-order valence-electron chi connectivity index (χ0n) is 13.8. The van der Waals surface area contributed by atoms with Crippen molar-refractivity contribution in [3.05, 3.63) is 65.5 Å². The monoisotopic (exact) mass is 335 g/mol. The summed E-state index contributed by atoms with van der Waals surface area (Å²) in [7, 11) is 0. The normalized spacial score (nSPS) is 10.3. The molecule has 0 aliphatic rings. The van der Waals surface area contributed by atoms with Crippen LogP contribution in [0.3, 0.4) is 0 Å². The summed E-state index contributed by atoms with van der Waals surface area (Å²) in [5, 5.41) is 15.2. The standard InChI is InChI=1S/C18H17N5O2/c1-11-3-7-13(8-4-11)19-17-21-15(16(24)25)22-18(23-17)20-14-9-5-12(2)6-10-14/h3-10H,1-2H3,(H,24,25)(H2,19,20,21,22,23). The summed E-state index contributed by atoms with van der Waals surface area (Å²) >= 11 is 0. The SMILES string of the molecule is Cc1ccc(Nc2nc(Nc3ccc(C)cc3)nc(C(=O)O)n2)cc1. The van der Waals surface area contributed by atoms with Gasteiger partial charge in [-0.15, -0.1) is 0 Å². The van der Waals surface area contributed by atoms with Gasteiger partial charge >= 0.3 is 5.97 Å². The number of nitrogens with one attached hydrogen (secondary N) is 2. The van der Waals surface area contributed by atoms with Crippen molar-refractivity contribution in [2.45, 2.75) is 13.8 Å². The van der Waals surface area contributed by atoms with Crippen molar-refractivity contribution in [2.24, 2.45) is 0 Å². The van der Waals surface area contributed by atoms with Gasteiger partial charge in [-0.05, 0) is 38.1 Å². The van der Waals surface area contributed by atoms with Crippen molar-refractivity contribution in [3.63, 3.8) is 0 Å². The second kappa shape index (κ2) is 6.96. The fourth-order valence-electron chi connectivity index (χ4n) is 2.12. The first-order valence-corrected chi connectivity index (χ1v) is 7.66. The van der Waals surface area contributed by atoms with E-state index in [1.54, 1.807) is 0 Å². The van der Waals surface area contributed by atoms with Crippen LogP contribution in [0, 0.1) is 13.8 Å². The molecule has 1 heterocycles. The van der Waals surface area contributed by atoms with Gasteiger partial charge in [0.1, 0.15) is 0 Å². The first-order valence-electron chi connectivity index (χ1n) is 7.66. The third kappa shape index (κ3) is 4.29. The minimum absolute atomic E-state index is 0.158. The van der Waals surface area contributed by atoms with Crippen molar-refractivity contribution < 1.29 is 9.90 Å². The first kappa shape index (κ1) is 16.4. The van der Waals surface area contributed by atoms with Gasteiger partial charge < -0.3 is 15.7 Å². The molecule has 0 radical (unpaired) electrons. The number of carboxylic acids is 1. The number of carbonyl (C=O) groups is 1. The predicted molar refractivity (Wildman–Crippen MR) is 95.7 cm³/mol. The molecule has 0 spiro atoms. The second-order valence-corrected chi connectivity index (χ2v) is 5.59. The molecule has 0 saturated heterocycles. The largest absolute Gasteiger partial charge is 0.475 e. The molecule has 126 valence electrons. The van der Waals surface area contributed by atoms with Crippen molar-refractivity contribution in [2.75, 3.05) is 10.6 Å². The topological polar surface area (TPSA) is 100 Å². The molecular formula is C18H17N5O2. The second-order valence-electron chi connectivity index (χ2n) is 5.59. The van der Waals surface area contributed by atoms with Gasteiger partial charge in [0.2, 0.25) is 17.7 Å². The number of rotatable bonds is 5. The molecule has 0 atom stereocenters. The van der Waals surface area contributed by atoms with E-state index >= 15 is 0 Å². The zero-order valence-corrected chi connectivity index (χ0v) is 13.8. The van der Waals surface area contributed by atoms with Crippen molar-refractivity contribution in [3.8, 4) is 0 Å². The number of aromatic carboxylic acids is 1. The molecule has 25 heavy (non-hydrogen) atoms. The van der Waals surface area contributed by atoms with Gasteiger partial charge in [-0.2, -0.15) is 15.0 Å². The Kier molecular flexibility index (Phi) is 4.56. The highest BCUT2D eigenvalue weighted by atomic mass is 16.4. The van der Waals surface area contributed by atoms with Crippen LogP contribution >= 0.6 is 0 Å². The molecule has 7 heteroatoms. The van der Waals surface area contributed by atoms with E-state index in [4.69, 9.17) is 0 Å². The molecule has 7 nitrogen and oxygen atoms in total. The third-order valence-electron chi connectivity index (χ3n) is 3.44. The van der Waals surface area contributed by atoms with E-state index in [1.807, 2.05) is 62.4 Å². The Morgan fingerprint density at radius 2 is 1.16 bits per heavy atom. The van der Waals surface area contributed by atoms with Crippen LogP contribution in [0.25, 0.3) is 0 Å². The number of carboxylic acid groups (broad SMARTS) is 1. The molecule has 0 aliphatic carbocycles. The lowest BCUT2D eigenvalue weighted by Gasteiger charge is -2.09. The van der Waals surface area contributed by atoms with E-state index in [1.165, 1.54) is 0 Å². The Bertz CT molecular complexity index is 827. The molecular weight excluding hydrogens is 318 g/mol. The van der Waals surface area contributed by atoms with Gasteiger partial charge in [-0.25, -0.2) is 4.79 Å². The molecule has 3 rings (SSSR count). The van der Waals surface area contributed by atoms with Crippen LogP contribution in [0.2, 0.25) is 0 Å². The van der Waals surface area contributed by atoms with E-state index in [-0.39, 0.29) is 17.7 Å². The lowest BCUT2D eigenvalue weighted by atomic mass is 10.2. The third-order valence-corrected chi connectivity index (χ3v) is 3.44. The Hall–Kier alpha value is -3.48. The number of hydrogen-bond acceptors (Lipinski definition) is 6. The van der Waals surface area contributed by atoms with Crippen molar-refractivity contribution >= 4 is 29.2 Å². The summed E-state index contributed by atoms with van der Waals surface area (Å²) in [5.74, 6) is -1.24. The highest BCUT2D eigenvalue weighted by Crippen LogP contribution is 2.18. The Balaban J connectivity index is 1.89. The number of benzene rings is 2. The fourth-order valence-corrected chi connectivity index (χ4v) is 2.12. The van der Waals surface area contributed by atoms with E-state index in [9.17, 15) is 9.90 Å². The number of nitrogens with zero attached hydrogens (tertiary/aromatic N) is 3. The van der Waals surface area contributed by atoms with Gasteiger partial charge in [0.05, 0.1) is 0 Å². The summed E-state index contributed by atoms with van der Waals surface area (Å²) in [6, 6.07) is 15.2. The van der Waals surface area contributed by atoms with Gasteiger partial charge in [-0.1, -0.05) is 35.4 Å². The van der Waals surface area contributed by atoms with Gasteiger partial charge in [0, 0.05) is 11.4 Å². The van der Waals surface area contributed by atoms with Crippen LogP contribution in [0.15, 0.2) is 48.5 Å². The molecule has 0 unspecified atom stereocenters. The summed E-state index contributed by atoms with van der Waals surface area (Å²) in [6.45, 7) is 3.97. The molecule has 3 aromatic rings. The van der Waals surface area contributed by atoms with Gasteiger partial charge in [-0.3, -0.25) is 0 Å². The molecule has 2 aromatic carbocycles. The van der Waals surface area contributed by atoms with E-state index < -0.39 is 5.97 Å².